The number of benzene rings is 2. The lowest BCUT2D eigenvalue weighted by atomic mass is 10.0. The van der Waals surface area contributed by atoms with E-state index in [2.05, 4.69) is 16.8 Å². The fraction of sp³-hybridized carbons (Fsp3) is 0.407. The number of aliphatic carboxylic acids is 1. The van der Waals surface area contributed by atoms with Gasteiger partial charge in [0.2, 0.25) is 5.60 Å². The summed E-state index contributed by atoms with van der Waals surface area (Å²) in [6, 6.07) is 11.1. The summed E-state index contributed by atoms with van der Waals surface area (Å²) in [7, 11) is 2.04. The van der Waals surface area contributed by atoms with Crippen LogP contribution in [0.2, 0.25) is 0 Å². The number of alkyl halides is 3. The third-order valence-corrected chi connectivity index (χ3v) is 7.37. The molecule has 1 saturated carbocycles. The minimum absolute atomic E-state index is 0.504. The van der Waals surface area contributed by atoms with E-state index in [1.807, 2.05) is 31.4 Å². The molecule has 0 saturated heterocycles. The standard InChI is InChI=1S/C27H29F3N2O3S/c1-3-19-15-22(35-26(11-12-26)25(33)34)9-6-20(19)10-13-32(2)17-23-16-31-24(36-23)14-18-4-7-21(8-5-18)27(28,29)30/h4-9,15-16H,3,10-14,17H2,1-2H3,(H,33,34). The number of hydrogen-bond acceptors (Lipinski definition) is 5. The van der Waals surface area contributed by atoms with Gasteiger partial charge in [-0.05, 0) is 60.8 Å². The van der Waals surface area contributed by atoms with E-state index < -0.39 is 23.3 Å². The van der Waals surface area contributed by atoms with Crippen molar-refractivity contribution in [2.24, 2.45) is 0 Å². The number of likely N-dealkylation sites (N-methyl/N-ethyl adjacent to an activating group) is 1. The van der Waals surface area contributed by atoms with E-state index in [1.165, 1.54) is 17.7 Å². The number of hydrogen-bond donors (Lipinski definition) is 1. The number of aryl methyl sites for hydroxylation is 1. The molecule has 36 heavy (non-hydrogen) atoms. The molecule has 1 aliphatic carbocycles. The molecule has 0 radical (unpaired) electrons. The number of carbonyl (C=O) groups is 1. The molecule has 1 aromatic heterocycles. The molecule has 9 heteroatoms. The Kier molecular flexibility index (Phi) is 7.70. The summed E-state index contributed by atoms with van der Waals surface area (Å²) < 4.78 is 44.0. The van der Waals surface area contributed by atoms with Crippen LogP contribution in [0.5, 0.6) is 5.75 Å². The van der Waals surface area contributed by atoms with Crippen LogP contribution in [0.4, 0.5) is 13.2 Å². The Balaban J connectivity index is 1.29. The largest absolute Gasteiger partial charge is 0.478 e. The molecular weight excluding hydrogens is 489 g/mol. The summed E-state index contributed by atoms with van der Waals surface area (Å²) in [5.41, 5.74) is 1.47. The van der Waals surface area contributed by atoms with Crippen LogP contribution in [0, 0.1) is 0 Å². The third-order valence-electron chi connectivity index (χ3n) is 6.39. The van der Waals surface area contributed by atoms with Crippen LogP contribution in [0.25, 0.3) is 0 Å². The highest BCUT2D eigenvalue weighted by molar-refractivity contribution is 7.11. The van der Waals surface area contributed by atoms with Gasteiger partial charge < -0.3 is 14.7 Å². The van der Waals surface area contributed by atoms with Crippen molar-refractivity contribution < 1.29 is 27.8 Å². The highest BCUT2D eigenvalue weighted by Gasteiger charge is 2.53. The zero-order chi connectivity index (χ0) is 25.9. The topological polar surface area (TPSA) is 62.7 Å². The first-order valence-corrected chi connectivity index (χ1v) is 12.7. The molecule has 1 fully saturated rings. The lowest BCUT2D eigenvalue weighted by Gasteiger charge is -2.18. The fourth-order valence-electron chi connectivity index (χ4n) is 4.08. The van der Waals surface area contributed by atoms with E-state index in [9.17, 15) is 23.1 Å². The van der Waals surface area contributed by atoms with Crippen LogP contribution in [-0.4, -0.2) is 40.2 Å². The molecular formula is C27H29F3N2O3S. The second-order valence-corrected chi connectivity index (χ2v) is 10.5. The van der Waals surface area contributed by atoms with Crippen molar-refractivity contribution >= 4 is 17.3 Å². The Bertz CT molecular complexity index is 1200. The predicted octanol–water partition coefficient (Wildman–Crippen LogP) is 5.99. The van der Waals surface area contributed by atoms with Gasteiger partial charge in [0.15, 0.2) is 0 Å². The average Bonchev–Trinajstić information content (AvgIpc) is 3.50. The lowest BCUT2D eigenvalue weighted by molar-refractivity contribution is -0.147. The summed E-state index contributed by atoms with van der Waals surface area (Å²) in [6.45, 7) is 3.64. The van der Waals surface area contributed by atoms with Crippen LogP contribution in [0.1, 0.15) is 51.9 Å². The Hall–Kier alpha value is -2.91. The fourth-order valence-corrected chi connectivity index (χ4v) is 5.12. The SMILES string of the molecule is CCc1cc(OC2(C(=O)O)CC2)ccc1CCN(C)Cc1cnc(Cc2ccc(C(F)(F)F)cc2)s1. The molecule has 0 bridgehead atoms. The van der Waals surface area contributed by atoms with Gasteiger partial charge in [-0.2, -0.15) is 13.2 Å². The molecule has 4 rings (SSSR count). The maximum Gasteiger partial charge on any atom is 0.416 e. The van der Waals surface area contributed by atoms with Gasteiger partial charge >= 0.3 is 12.1 Å². The molecule has 3 aromatic rings. The second-order valence-electron chi connectivity index (χ2n) is 9.27. The maximum atomic E-state index is 12.8. The molecule has 1 heterocycles. The number of halogens is 3. The van der Waals surface area contributed by atoms with Gasteiger partial charge in [0, 0.05) is 43.4 Å². The number of rotatable bonds is 11. The van der Waals surface area contributed by atoms with Gasteiger partial charge in [0.1, 0.15) is 5.75 Å². The van der Waals surface area contributed by atoms with Gasteiger partial charge in [-0.3, -0.25) is 0 Å². The van der Waals surface area contributed by atoms with E-state index in [4.69, 9.17) is 4.74 Å². The van der Waals surface area contributed by atoms with E-state index in [1.54, 1.807) is 11.3 Å². The molecule has 0 unspecified atom stereocenters. The summed E-state index contributed by atoms with van der Waals surface area (Å²) in [5.74, 6) is -0.300. The van der Waals surface area contributed by atoms with Crippen molar-refractivity contribution in [2.75, 3.05) is 13.6 Å². The zero-order valence-corrected chi connectivity index (χ0v) is 21.1. The number of thiazole rings is 1. The van der Waals surface area contributed by atoms with Crippen LogP contribution in [0.15, 0.2) is 48.7 Å². The van der Waals surface area contributed by atoms with Gasteiger partial charge in [-0.25, -0.2) is 9.78 Å². The summed E-state index contributed by atoms with van der Waals surface area (Å²) in [4.78, 5) is 19.2. The molecule has 5 nitrogen and oxygen atoms in total. The Morgan fingerprint density at radius 1 is 1.17 bits per heavy atom. The van der Waals surface area contributed by atoms with Crippen molar-refractivity contribution in [1.82, 2.24) is 9.88 Å². The maximum absolute atomic E-state index is 12.8. The first-order valence-electron chi connectivity index (χ1n) is 11.9. The summed E-state index contributed by atoms with van der Waals surface area (Å²) in [5, 5.41) is 10.2. The van der Waals surface area contributed by atoms with Gasteiger partial charge in [0.25, 0.3) is 0 Å². The highest BCUT2D eigenvalue weighted by atomic mass is 32.1. The minimum atomic E-state index is -4.33. The molecule has 192 valence electrons. The lowest BCUT2D eigenvalue weighted by Crippen LogP contribution is -2.29. The molecule has 1 aliphatic rings. The van der Waals surface area contributed by atoms with Crippen LogP contribution < -0.4 is 4.74 Å². The zero-order valence-electron chi connectivity index (χ0n) is 20.3. The van der Waals surface area contributed by atoms with Gasteiger partial charge in [0.05, 0.1) is 10.6 Å². The molecule has 0 atom stereocenters. The number of ether oxygens (including phenoxy) is 1. The van der Waals surface area contributed by atoms with Crippen LogP contribution in [0.3, 0.4) is 0 Å². The number of carboxylic acid groups (broad SMARTS) is 1. The predicted molar refractivity (Wildman–Crippen MR) is 132 cm³/mol. The highest BCUT2D eigenvalue weighted by Crippen LogP contribution is 2.41. The quantitative estimate of drug-likeness (QED) is 0.338. The molecule has 0 aliphatic heterocycles. The van der Waals surface area contributed by atoms with E-state index in [0.29, 0.717) is 25.0 Å². The molecule has 0 spiro atoms. The summed E-state index contributed by atoms with van der Waals surface area (Å²) in [6.07, 6.45) is 0.773. The Morgan fingerprint density at radius 3 is 2.50 bits per heavy atom. The molecule has 1 N–H and O–H groups in total. The summed E-state index contributed by atoms with van der Waals surface area (Å²) >= 11 is 1.57. The molecule has 2 aromatic carbocycles. The second kappa shape index (κ2) is 10.6. The van der Waals surface area contributed by atoms with E-state index in [-0.39, 0.29) is 0 Å². The Labute approximate surface area is 212 Å². The van der Waals surface area contributed by atoms with Gasteiger partial charge in [-0.15, -0.1) is 11.3 Å². The first-order chi connectivity index (χ1) is 17.1. The average molecular weight is 519 g/mol. The number of aromatic nitrogens is 1. The monoisotopic (exact) mass is 518 g/mol. The van der Waals surface area contributed by atoms with E-state index in [0.717, 1.165) is 59.1 Å². The van der Waals surface area contributed by atoms with Crippen molar-refractivity contribution in [3.63, 3.8) is 0 Å². The van der Waals surface area contributed by atoms with Crippen molar-refractivity contribution in [2.45, 2.75) is 57.3 Å². The van der Waals surface area contributed by atoms with Crippen molar-refractivity contribution in [3.8, 4) is 5.75 Å². The Morgan fingerprint density at radius 2 is 1.89 bits per heavy atom. The van der Waals surface area contributed by atoms with E-state index >= 15 is 0 Å². The smallest absolute Gasteiger partial charge is 0.416 e. The number of carboxylic acids is 1. The number of nitrogens with zero attached hydrogens (tertiary/aromatic N) is 2. The van der Waals surface area contributed by atoms with Gasteiger partial charge in [-0.1, -0.05) is 25.1 Å². The van der Waals surface area contributed by atoms with Crippen LogP contribution in [-0.2, 0) is 36.8 Å². The third kappa shape index (κ3) is 6.44. The first kappa shape index (κ1) is 26.2. The normalized spacial score (nSPS) is 14.7. The van der Waals surface area contributed by atoms with Crippen LogP contribution >= 0.6 is 11.3 Å². The van der Waals surface area contributed by atoms with Crippen molar-refractivity contribution in [1.29, 1.82) is 0 Å². The minimum Gasteiger partial charge on any atom is -0.478 e. The van der Waals surface area contributed by atoms with Crippen molar-refractivity contribution in [3.05, 3.63) is 80.8 Å². The molecule has 0 amide bonds.